The second-order valence-electron chi connectivity index (χ2n) is 5.71. The zero-order chi connectivity index (χ0) is 14.3. The lowest BCUT2D eigenvalue weighted by atomic mass is 9.77. The van der Waals surface area contributed by atoms with Gasteiger partial charge in [0.15, 0.2) is 0 Å². The molecule has 3 heteroatoms. The van der Waals surface area contributed by atoms with Crippen molar-refractivity contribution in [2.45, 2.75) is 70.2 Å². The van der Waals surface area contributed by atoms with Crippen LogP contribution in [0.15, 0.2) is 23.4 Å². The van der Waals surface area contributed by atoms with E-state index in [-0.39, 0.29) is 0 Å². The number of pyridine rings is 1. The van der Waals surface area contributed by atoms with E-state index in [1.54, 1.807) is 0 Å². The van der Waals surface area contributed by atoms with Gasteiger partial charge in [0.1, 0.15) is 0 Å². The lowest BCUT2D eigenvalue weighted by Crippen LogP contribution is -2.24. The Labute approximate surface area is 122 Å². The topological polar surface area (TPSA) is 38.9 Å². The molecule has 1 unspecified atom stereocenters. The molecule has 1 fully saturated rings. The van der Waals surface area contributed by atoms with E-state index in [1.165, 1.54) is 25.7 Å². The number of rotatable bonds is 3. The van der Waals surface area contributed by atoms with Crippen LogP contribution in [-0.2, 0) is 6.54 Å². The molecule has 0 amide bonds. The quantitative estimate of drug-likeness (QED) is 0.877. The number of nitrogens with zero attached hydrogens (tertiary/aromatic N) is 1. The molecule has 1 atom stereocenters. The normalized spacial score (nSPS) is 21.4. The maximum absolute atomic E-state index is 5.57. The van der Waals surface area contributed by atoms with E-state index in [0.29, 0.717) is 12.0 Å². The van der Waals surface area contributed by atoms with Crippen LogP contribution in [0.1, 0.15) is 58.9 Å². The van der Waals surface area contributed by atoms with Crippen LogP contribution >= 0.6 is 11.8 Å². The maximum atomic E-state index is 5.57. The molecule has 0 saturated heterocycles. The fourth-order valence-corrected chi connectivity index (χ4v) is 3.92. The van der Waals surface area contributed by atoms with Crippen LogP contribution in [0.5, 0.6) is 0 Å². The lowest BCUT2D eigenvalue weighted by molar-refractivity contribution is 0.251. The predicted molar refractivity (Wildman–Crippen MR) is 85.4 cm³/mol. The van der Waals surface area contributed by atoms with Crippen molar-refractivity contribution in [3.05, 3.63) is 23.9 Å². The molecule has 1 saturated carbocycles. The van der Waals surface area contributed by atoms with Crippen LogP contribution in [0.3, 0.4) is 0 Å². The van der Waals surface area contributed by atoms with E-state index >= 15 is 0 Å². The molecule has 1 heterocycles. The summed E-state index contributed by atoms with van der Waals surface area (Å²) in [6.45, 7) is 9.34. The third kappa shape index (κ3) is 5.53. The highest BCUT2D eigenvalue weighted by molar-refractivity contribution is 7.99. The summed E-state index contributed by atoms with van der Waals surface area (Å²) in [6, 6.07) is 4.19. The average molecular weight is 280 g/mol. The van der Waals surface area contributed by atoms with E-state index in [9.17, 15) is 0 Å². The van der Waals surface area contributed by atoms with Crippen LogP contribution in [0.4, 0.5) is 0 Å². The molecule has 1 aromatic heterocycles. The molecule has 1 aromatic rings. The van der Waals surface area contributed by atoms with Gasteiger partial charge in [-0.05, 0) is 36.3 Å². The van der Waals surface area contributed by atoms with Gasteiger partial charge in [0.05, 0.1) is 5.03 Å². The van der Waals surface area contributed by atoms with Crippen molar-refractivity contribution < 1.29 is 0 Å². The second kappa shape index (κ2) is 7.91. The van der Waals surface area contributed by atoms with Crippen molar-refractivity contribution in [2.75, 3.05) is 0 Å². The summed E-state index contributed by atoms with van der Waals surface area (Å²) in [6.07, 6.45) is 7.25. The molecule has 0 radical (unpaired) electrons. The molecule has 19 heavy (non-hydrogen) atoms. The van der Waals surface area contributed by atoms with Crippen molar-refractivity contribution in [1.82, 2.24) is 4.98 Å². The largest absolute Gasteiger partial charge is 0.326 e. The number of aromatic nitrogens is 1. The van der Waals surface area contributed by atoms with Crippen molar-refractivity contribution in [2.24, 2.45) is 11.1 Å². The lowest BCUT2D eigenvalue weighted by Gasteiger charge is -2.34. The summed E-state index contributed by atoms with van der Waals surface area (Å²) >= 11 is 1.93. The van der Waals surface area contributed by atoms with E-state index < -0.39 is 0 Å². The molecule has 2 N–H and O–H groups in total. The van der Waals surface area contributed by atoms with Gasteiger partial charge >= 0.3 is 0 Å². The van der Waals surface area contributed by atoms with Crippen molar-refractivity contribution >= 4 is 11.8 Å². The number of nitrogens with two attached hydrogens (primary N) is 1. The van der Waals surface area contributed by atoms with Crippen LogP contribution in [0, 0.1) is 5.41 Å². The third-order valence-electron chi connectivity index (χ3n) is 3.48. The Bertz CT molecular complexity index is 360. The van der Waals surface area contributed by atoms with Gasteiger partial charge in [-0.15, -0.1) is 11.8 Å². The molecule has 2 rings (SSSR count). The van der Waals surface area contributed by atoms with E-state index in [4.69, 9.17) is 5.73 Å². The molecule has 0 aromatic carbocycles. The number of hydrogen-bond donors (Lipinski definition) is 1. The van der Waals surface area contributed by atoms with Gasteiger partial charge in [-0.3, -0.25) is 0 Å². The monoisotopic (exact) mass is 280 g/mol. The van der Waals surface area contributed by atoms with Crippen LogP contribution in [-0.4, -0.2) is 10.2 Å². The molecule has 108 valence electrons. The van der Waals surface area contributed by atoms with E-state index in [2.05, 4.69) is 31.0 Å². The molecule has 1 aliphatic carbocycles. The summed E-state index contributed by atoms with van der Waals surface area (Å²) < 4.78 is 0. The van der Waals surface area contributed by atoms with Crippen LogP contribution in [0.2, 0.25) is 0 Å². The summed E-state index contributed by atoms with van der Waals surface area (Å²) in [5.74, 6) is 0. The summed E-state index contributed by atoms with van der Waals surface area (Å²) in [5.41, 5.74) is 7.19. The highest BCUT2D eigenvalue weighted by Gasteiger charge is 2.28. The maximum Gasteiger partial charge on any atom is 0.0962 e. The van der Waals surface area contributed by atoms with E-state index in [1.807, 2.05) is 31.8 Å². The Morgan fingerprint density at radius 2 is 2.11 bits per heavy atom. The fraction of sp³-hybridized carbons (Fsp3) is 0.688. The van der Waals surface area contributed by atoms with Gasteiger partial charge in [0.2, 0.25) is 0 Å². The number of thioether (sulfide) groups is 1. The summed E-state index contributed by atoms with van der Waals surface area (Å²) in [5, 5.41) is 1.87. The fourth-order valence-electron chi connectivity index (χ4n) is 2.50. The zero-order valence-corrected chi connectivity index (χ0v) is 13.6. The first-order chi connectivity index (χ1) is 9.09. The molecule has 0 bridgehead atoms. The van der Waals surface area contributed by atoms with Crippen LogP contribution < -0.4 is 5.73 Å². The smallest absolute Gasteiger partial charge is 0.0962 e. The standard InChI is InChI=1S/C14H22N2S.C2H6/c1-14(2)7-3-4-12(8-14)17-13-6-5-11(9-15)10-16-13;1-2/h5-6,10,12H,3-4,7-9,15H2,1-2H3;1-2H3. The van der Waals surface area contributed by atoms with E-state index in [0.717, 1.165) is 15.8 Å². The summed E-state index contributed by atoms with van der Waals surface area (Å²) in [7, 11) is 0. The van der Waals surface area contributed by atoms with Crippen molar-refractivity contribution in [3.8, 4) is 0 Å². The first-order valence-corrected chi connectivity index (χ1v) is 8.29. The number of hydrogen-bond acceptors (Lipinski definition) is 3. The molecular formula is C16H28N2S. The Kier molecular flexibility index (Phi) is 6.87. The van der Waals surface area contributed by atoms with Crippen LogP contribution in [0.25, 0.3) is 0 Å². The molecule has 1 aliphatic rings. The van der Waals surface area contributed by atoms with Crippen molar-refractivity contribution in [1.29, 1.82) is 0 Å². The first kappa shape index (κ1) is 16.5. The Balaban J connectivity index is 0.000000861. The van der Waals surface area contributed by atoms with Gasteiger partial charge in [-0.2, -0.15) is 0 Å². The molecule has 0 aliphatic heterocycles. The Hall–Kier alpha value is -0.540. The second-order valence-corrected chi connectivity index (χ2v) is 7.03. The SMILES string of the molecule is CC.CC1(C)CCCC(Sc2ccc(CN)cn2)C1. The Morgan fingerprint density at radius 3 is 2.63 bits per heavy atom. The first-order valence-electron chi connectivity index (χ1n) is 7.41. The van der Waals surface area contributed by atoms with Gasteiger partial charge in [-0.1, -0.05) is 40.2 Å². The zero-order valence-electron chi connectivity index (χ0n) is 12.8. The molecular weight excluding hydrogens is 252 g/mol. The predicted octanol–water partition coefficient (Wildman–Crippen LogP) is 4.63. The highest BCUT2D eigenvalue weighted by atomic mass is 32.2. The minimum Gasteiger partial charge on any atom is -0.326 e. The average Bonchev–Trinajstić information content (AvgIpc) is 2.41. The minimum atomic E-state index is 0.507. The molecule has 2 nitrogen and oxygen atoms in total. The Morgan fingerprint density at radius 1 is 1.37 bits per heavy atom. The van der Waals surface area contributed by atoms with Gasteiger partial charge in [0.25, 0.3) is 0 Å². The van der Waals surface area contributed by atoms with Gasteiger partial charge in [-0.25, -0.2) is 4.98 Å². The van der Waals surface area contributed by atoms with Gasteiger partial charge < -0.3 is 5.73 Å². The summed E-state index contributed by atoms with van der Waals surface area (Å²) in [4.78, 5) is 4.47. The molecule has 0 spiro atoms. The van der Waals surface area contributed by atoms with Crippen molar-refractivity contribution in [3.63, 3.8) is 0 Å². The highest BCUT2D eigenvalue weighted by Crippen LogP contribution is 2.41. The van der Waals surface area contributed by atoms with Gasteiger partial charge in [0, 0.05) is 18.0 Å². The third-order valence-corrected chi connectivity index (χ3v) is 4.70. The minimum absolute atomic E-state index is 0.507.